The molecule has 0 aliphatic rings. The Bertz CT molecular complexity index is 373. The van der Waals surface area contributed by atoms with Crippen molar-refractivity contribution in [2.45, 2.75) is 6.18 Å². The van der Waals surface area contributed by atoms with E-state index in [-0.39, 0.29) is 0 Å². The normalized spacial score (nSPS) is 11.4. The van der Waals surface area contributed by atoms with Gasteiger partial charge in [0.25, 0.3) is 0 Å². The van der Waals surface area contributed by atoms with Crippen molar-refractivity contribution in [1.82, 2.24) is 0 Å². The highest BCUT2D eigenvalue weighted by Crippen LogP contribution is 2.35. The Labute approximate surface area is 77.5 Å². The second-order valence-corrected chi connectivity index (χ2v) is 2.61. The van der Waals surface area contributed by atoms with E-state index in [1.54, 1.807) is 0 Å². The maximum Gasteiger partial charge on any atom is 0.417 e. The monoisotopic (exact) mass is 204 g/mol. The number of halogens is 3. The highest BCUT2D eigenvalue weighted by Gasteiger charge is 2.35. The molecule has 0 atom stereocenters. The van der Waals surface area contributed by atoms with Crippen LogP contribution in [0.3, 0.4) is 0 Å². The lowest BCUT2D eigenvalue weighted by Crippen LogP contribution is -2.18. The van der Waals surface area contributed by atoms with E-state index >= 15 is 0 Å². The van der Waals surface area contributed by atoms with Crippen LogP contribution in [0.1, 0.15) is 11.1 Å². The van der Waals surface area contributed by atoms with E-state index in [0.29, 0.717) is 0 Å². The van der Waals surface area contributed by atoms with Crippen LogP contribution >= 0.6 is 0 Å². The number of nitrogens with two attached hydrogens (primary N) is 1. The van der Waals surface area contributed by atoms with Crippen molar-refractivity contribution in [2.24, 2.45) is 5.73 Å². The summed E-state index contributed by atoms with van der Waals surface area (Å²) in [5, 5.41) is 16.0. The molecular formula is C8H7F3N2O. The maximum atomic E-state index is 12.3. The Morgan fingerprint density at radius 1 is 1.36 bits per heavy atom. The molecular weight excluding hydrogens is 197 g/mol. The average Bonchev–Trinajstić information content (AvgIpc) is 2.01. The molecule has 76 valence electrons. The Hall–Kier alpha value is -1.72. The number of nitrogens with one attached hydrogen (secondary N) is 1. The first-order valence-corrected chi connectivity index (χ1v) is 3.57. The van der Waals surface area contributed by atoms with Crippen LogP contribution in [0.4, 0.5) is 13.2 Å². The number of rotatable bonds is 1. The van der Waals surface area contributed by atoms with Gasteiger partial charge in [-0.15, -0.1) is 0 Å². The molecule has 0 aliphatic carbocycles. The first-order chi connectivity index (χ1) is 6.34. The van der Waals surface area contributed by atoms with Crippen molar-refractivity contribution in [1.29, 1.82) is 5.41 Å². The highest BCUT2D eigenvalue weighted by atomic mass is 19.4. The molecule has 0 unspecified atom stereocenters. The van der Waals surface area contributed by atoms with Crippen LogP contribution in [0, 0.1) is 5.41 Å². The number of aromatic hydroxyl groups is 1. The van der Waals surface area contributed by atoms with E-state index in [4.69, 9.17) is 16.2 Å². The van der Waals surface area contributed by atoms with Gasteiger partial charge in [0.15, 0.2) is 0 Å². The maximum absolute atomic E-state index is 12.3. The minimum absolute atomic E-state index is 0.646. The zero-order chi connectivity index (χ0) is 10.9. The first kappa shape index (κ1) is 10.4. The second-order valence-electron chi connectivity index (χ2n) is 2.61. The summed E-state index contributed by atoms with van der Waals surface area (Å²) in [4.78, 5) is 0. The van der Waals surface area contributed by atoms with Crippen LogP contribution in [0.2, 0.25) is 0 Å². The van der Waals surface area contributed by atoms with Gasteiger partial charge in [-0.1, -0.05) is 6.07 Å². The molecule has 0 heterocycles. The molecule has 0 bridgehead atoms. The van der Waals surface area contributed by atoms with Crippen LogP contribution in [0.15, 0.2) is 18.2 Å². The summed E-state index contributed by atoms with van der Waals surface area (Å²) < 4.78 is 37.0. The number of hydrogen-bond donors (Lipinski definition) is 3. The molecule has 0 amide bonds. The van der Waals surface area contributed by atoms with Crippen LogP contribution in [-0.4, -0.2) is 10.9 Å². The third-order valence-electron chi connectivity index (χ3n) is 1.62. The molecule has 1 aromatic rings. The summed E-state index contributed by atoms with van der Waals surface area (Å²) in [7, 11) is 0. The minimum Gasteiger partial charge on any atom is -0.507 e. The highest BCUT2D eigenvalue weighted by molar-refractivity contribution is 5.99. The van der Waals surface area contributed by atoms with Crippen molar-refractivity contribution in [2.75, 3.05) is 0 Å². The molecule has 0 aromatic heterocycles. The summed E-state index contributed by atoms with van der Waals surface area (Å²) in [6, 6.07) is 2.85. The Morgan fingerprint density at radius 3 is 2.29 bits per heavy atom. The lowest BCUT2D eigenvalue weighted by atomic mass is 10.1. The number of phenolic OH excluding ortho intramolecular Hbond substituents is 1. The van der Waals surface area contributed by atoms with Gasteiger partial charge in [-0.3, -0.25) is 5.41 Å². The lowest BCUT2D eigenvalue weighted by Gasteiger charge is -2.12. The smallest absolute Gasteiger partial charge is 0.417 e. The van der Waals surface area contributed by atoms with Gasteiger partial charge in [0.05, 0.1) is 11.1 Å². The Balaban J connectivity index is 3.44. The zero-order valence-corrected chi connectivity index (χ0v) is 6.89. The minimum atomic E-state index is -4.63. The predicted octanol–water partition coefficient (Wildman–Crippen LogP) is 1.70. The molecule has 1 rings (SSSR count). The van der Waals surface area contributed by atoms with Gasteiger partial charge in [-0.2, -0.15) is 13.2 Å². The van der Waals surface area contributed by atoms with Gasteiger partial charge < -0.3 is 10.8 Å². The van der Waals surface area contributed by atoms with Crippen LogP contribution in [0.25, 0.3) is 0 Å². The Kier molecular flexibility index (Phi) is 2.37. The van der Waals surface area contributed by atoms with Gasteiger partial charge in [0, 0.05) is 0 Å². The molecule has 6 heteroatoms. The van der Waals surface area contributed by atoms with Crippen LogP contribution in [-0.2, 0) is 6.18 Å². The second kappa shape index (κ2) is 3.21. The van der Waals surface area contributed by atoms with Gasteiger partial charge in [0.1, 0.15) is 11.6 Å². The number of hydrogen-bond acceptors (Lipinski definition) is 2. The predicted molar refractivity (Wildman–Crippen MR) is 44.1 cm³/mol. The summed E-state index contributed by atoms with van der Waals surface area (Å²) in [5.74, 6) is -1.46. The average molecular weight is 204 g/mol. The van der Waals surface area contributed by atoms with Crippen molar-refractivity contribution in [3.63, 3.8) is 0 Å². The SMILES string of the molecule is N=C(N)c1c(O)cccc1C(F)(F)F. The summed E-state index contributed by atoms with van der Waals surface area (Å²) >= 11 is 0. The van der Waals surface area contributed by atoms with Gasteiger partial charge >= 0.3 is 6.18 Å². The van der Waals surface area contributed by atoms with Crippen LogP contribution < -0.4 is 5.73 Å². The van der Waals surface area contributed by atoms with Crippen LogP contribution in [0.5, 0.6) is 5.75 Å². The summed E-state index contributed by atoms with van der Waals surface area (Å²) in [6.45, 7) is 0. The van der Waals surface area contributed by atoms with E-state index in [9.17, 15) is 13.2 Å². The van der Waals surface area contributed by atoms with E-state index in [0.717, 1.165) is 18.2 Å². The van der Waals surface area contributed by atoms with Crippen molar-refractivity contribution in [3.05, 3.63) is 29.3 Å². The van der Waals surface area contributed by atoms with E-state index in [1.807, 2.05) is 0 Å². The van der Waals surface area contributed by atoms with E-state index < -0.39 is 28.9 Å². The topological polar surface area (TPSA) is 70.1 Å². The van der Waals surface area contributed by atoms with Gasteiger partial charge in [0.2, 0.25) is 0 Å². The quantitative estimate of drug-likeness (QED) is 0.481. The number of phenols is 1. The number of alkyl halides is 3. The largest absolute Gasteiger partial charge is 0.507 e. The van der Waals surface area contributed by atoms with E-state index in [1.165, 1.54) is 0 Å². The number of nitrogen functional groups attached to an aromatic ring is 1. The summed E-state index contributed by atoms with van der Waals surface area (Å²) in [6.07, 6.45) is -4.63. The molecule has 0 aliphatic heterocycles. The molecule has 3 nitrogen and oxygen atoms in total. The zero-order valence-electron chi connectivity index (χ0n) is 6.89. The fraction of sp³-hybridized carbons (Fsp3) is 0.125. The third kappa shape index (κ3) is 1.78. The van der Waals surface area contributed by atoms with Crippen molar-refractivity contribution >= 4 is 5.84 Å². The van der Waals surface area contributed by atoms with E-state index in [2.05, 4.69) is 0 Å². The fourth-order valence-corrected chi connectivity index (χ4v) is 1.06. The van der Waals surface area contributed by atoms with Gasteiger partial charge in [-0.25, -0.2) is 0 Å². The molecule has 0 spiro atoms. The van der Waals surface area contributed by atoms with Gasteiger partial charge in [-0.05, 0) is 12.1 Å². The Morgan fingerprint density at radius 2 is 1.93 bits per heavy atom. The molecule has 0 radical (unpaired) electrons. The molecule has 0 saturated heterocycles. The van der Waals surface area contributed by atoms with Crippen molar-refractivity contribution in [3.8, 4) is 5.75 Å². The molecule has 0 saturated carbocycles. The number of amidine groups is 1. The molecule has 14 heavy (non-hydrogen) atoms. The first-order valence-electron chi connectivity index (χ1n) is 3.57. The van der Waals surface area contributed by atoms with Crippen molar-refractivity contribution < 1.29 is 18.3 Å². The molecule has 4 N–H and O–H groups in total. The molecule has 0 fully saturated rings. The third-order valence-corrected chi connectivity index (χ3v) is 1.62. The lowest BCUT2D eigenvalue weighted by molar-refractivity contribution is -0.137. The fourth-order valence-electron chi connectivity index (χ4n) is 1.06. The number of benzene rings is 1. The molecule has 1 aromatic carbocycles. The summed E-state index contributed by atoms with van der Waals surface area (Å²) in [5.41, 5.74) is 3.15. The standard InChI is InChI=1S/C8H7F3N2O/c9-8(10,11)4-2-1-3-5(14)6(4)7(12)13/h1-3,14H,(H3,12,13).